The van der Waals surface area contributed by atoms with Crippen LogP contribution in [0.2, 0.25) is 0 Å². The summed E-state index contributed by atoms with van der Waals surface area (Å²) in [6.07, 6.45) is 4.48. The summed E-state index contributed by atoms with van der Waals surface area (Å²) in [6.45, 7) is 3.46. The third-order valence-corrected chi connectivity index (χ3v) is 7.40. The molecule has 0 spiro atoms. The second-order valence-corrected chi connectivity index (χ2v) is 10.6. The summed E-state index contributed by atoms with van der Waals surface area (Å²) in [7, 11) is 0. The van der Waals surface area contributed by atoms with Crippen molar-refractivity contribution in [3.63, 3.8) is 0 Å². The number of carboxylic acid groups (broad SMARTS) is 1. The van der Waals surface area contributed by atoms with Gasteiger partial charge in [0.2, 0.25) is 5.91 Å². The standard InChI is InChI=1S/C34H34N2O5S/c1-2-20-36(32(37)19-18-28-11-8-23-42-28)21-22-41-27-16-14-25(15-17-27)24-31(34(39)40)35-30-13-7-6-12-29(30)33(38)26-9-4-3-5-10-26/h3-19,23,31,35H,2,20-22,24H2,1H3,(H,39,40). The van der Waals surface area contributed by atoms with E-state index in [2.05, 4.69) is 5.32 Å². The van der Waals surface area contributed by atoms with E-state index in [0.717, 1.165) is 16.9 Å². The molecule has 0 bridgehead atoms. The molecule has 1 aromatic heterocycles. The third-order valence-electron chi connectivity index (χ3n) is 6.57. The molecule has 0 aliphatic rings. The normalized spacial score (nSPS) is 11.6. The van der Waals surface area contributed by atoms with Crippen LogP contribution in [0.5, 0.6) is 5.75 Å². The topological polar surface area (TPSA) is 95.9 Å². The fraction of sp³-hybridized carbons (Fsp3) is 0.206. The molecule has 1 atom stereocenters. The van der Waals surface area contributed by atoms with Crippen LogP contribution in [0.3, 0.4) is 0 Å². The average molecular weight is 583 g/mol. The molecule has 1 amide bonds. The second-order valence-electron chi connectivity index (χ2n) is 9.65. The van der Waals surface area contributed by atoms with Crippen molar-refractivity contribution in [3.8, 4) is 5.75 Å². The Kier molecular flexibility index (Phi) is 11.1. The molecular weight excluding hydrogens is 548 g/mol. The van der Waals surface area contributed by atoms with Crippen molar-refractivity contribution in [2.45, 2.75) is 25.8 Å². The molecule has 0 saturated carbocycles. The number of aliphatic carboxylic acids is 1. The molecule has 0 aliphatic carbocycles. The molecular formula is C34H34N2O5S. The third kappa shape index (κ3) is 8.65. The molecule has 0 fully saturated rings. The fourth-order valence-corrected chi connectivity index (χ4v) is 5.04. The molecule has 1 heterocycles. The van der Waals surface area contributed by atoms with Gasteiger partial charge in [-0.25, -0.2) is 4.79 Å². The molecule has 1 unspecified atom stereocenters. The van der Waals surface area contributed by atoms with Gasteiger partial charge in [0.25, 0.3) is 0 Å². The second kappa shape index (κ2) is 15.3. The quantitative estimate of drug-likeness (QED) is 0.124. The number of nitrogens with one attached hydrogen (secondary N) is 1. The molecule has 4 rings (SSSR count). The van der Waals surface area contributed by atoms with Crippen LogP contribution in [-0.4, -0.2) is 53.4 Å². The van der Waals surface area contributed by atoms with Crippen molar-refractivity contribution < 1.29 is 24.2 Å². The number of ether oxygens (including phenoxy) is 1. The van der Waals surface area contributed by atoms with Crippen molar-refractivity contribution in [2.24, 2.45) is 0 Å². The Labute approximate surface area is 250 Å². The Hall–Kier alpha value is -4.69. The minimum Gasteiger partial charge on any atom is -0.492 e. The van der Waals surface area contributed by atoms with Gasteiger partial charge >= 0.3 is 5.97 Å². The van der Waals surface area contributed by atoms with E-state index >= 15 is 0 Å². The smallest absolute Gasteiger partial charge is 0.326 e. The predicted molar refractivity (Wildman–Crippen MR) is 167 cm³/mol. The Morgan fingerprint density at radius 1 is 0.929 bits per heavy atom. The van der Waals surface area contributed by atoms with Crippen LogP contribution in [-0.2, 0) is 16.0 Å². The number of amides is 1. The fourth-order valence-electron chi connectivity index (χ4n) is 4.42. The molecule has 7 nitrogen and oxygen atoms in total. The van der Waals surface area contributed by atoms with Crippen molar-refractivity contribution in [2.75, 3.05) is 25.0 Å². The molecule has 4 aromatic rings. The molecule has 0 radical (unpaired) electrons. The number of hydrogen-bond acceptors (Lipinski definition) is 6. The zero-order valence-electron chi connectivity index (χ0n) is 23.4. The predicted octanol–water partition coefficient (Wildman–Crippen LogP) is 6.42. The van der Waals surface area contributed by atoms with Crippen LogP contribution in [0.4, 0.5) is 5.69 Å². The highest BCUT2D eigenvalue weighted by Crippen LogP contribution is 2.22. The lowest BCUT2D eigenvalue weighted by atomic mass is 10.00. The van der Waals surface area contributed by atoms with Gasteiger partial charge in [0.1, 0.15) is 18.4 Å². The van der Waals surface area contributed by atoms with Gasteiger partial charge in [-0.05, 0) is 53.8 Å². The number of anilines is 1. The molecule has 3 aromatic carbocycles. The van der Waals surface area contributed by atoms with E-state index < -0.39 is 12.0 Å². The number of para-hydroxylation sites is 1. The van der Waals surface area contributed by atoms with Gasteiger partial charge in [-0.15, -0.1) is 11.3 Å². The van der Waals surface area contributed by atoms with E-state index in [1.54, 1.807) is 83.0 Å². The summed E-state index contributed by atoms with van der Waals surface area (Å²) in [5.74, 6) is -0.618. The van der Waals surface area contributed by atoms with E-state index in [9.17, 15) is 19.5 Å². The molecule has 0 aliphatic heterocycles. The van der Waals surface area contributed by atoms with Crippen LogP contribution < -0.4 is 10.1 Å². The summed E-state index contributed by atoms with van der Waals surface area (Å²) in [5.41, 5.74) is 2.22. The Morgan fingerprint density at radius 2 is 1.67 bits per heavy atom. The van der Waals surface area contributed by atoms with E-state index in [1.807, 2.05) is 48.7 Å². The number of benzene rings is 3. The number of nitrogens with zero attached hydrogens (tertiary/aromatic N) is 1. The first-order valence-corrected chi connectivity index (χ1v) is 14.7. The molecule has 2 N–H and O–H groups in total. The summed E-state index contributed by atoms with van der Waals surface area (Å²) in [5, 5.41) is 15.0. The van der Waals surface area contributed by atoms with Crippen LogP contribution in [0, 0.1) is 0 Å². The zero-order valence-corrected chi connectivity index (χ0v) is 24.3. The van der Waals surface area contributed by atoms with Gasteiger partial charge in [-0.3, -0.25) is 9.59 Å². The number of rotatable bonds is 15. The van der Waals surface area contributed by atoms with Gasteiger partial charge in [0.05, 0.1) is 6.54 Å². The summed E-state index contributed by atoms with van der Waals surface area (Å²) in [4.78, 5) is 40.7. The lowest BCUT2D eigenvalue weighted by molar-refractivity contribution is -0.137. The van der Waals surface area contributed by atoms with Gasteiger partial charge in [-0.1, -0.05) is 67.6 Å². The highest BCUT2D eigenvalue weighted by molar-refractivity contribution is 7.10. The van der Waals surface area contributed by atoms with Gasteiger partial charge in [-0.2, -0.15) is 0 Å². The Balaban J connectivity index is 1.34. The van der Waals surface area contributed by atoms with Gasteiger partial charge < -0.3 is 20.1 Å². The number of ketones is 1. The summed E-state index contributed by atoms with van der Waals surface area (Å²) >= 11 is 1.58. The minimum absolute atomic E-state index is 0.0524. The van der Waals surface area contributed by atoms with Crippen molar-refractivity contribution in [3.05, 3.63) is 124 Å². The number of thiophene rings is 1. The summed E-state index contributed by atoms with van der Waals surface area (Å²) < 4.78 is 5.89. The number of carbonyl (C=O) groups excluding carboxylic acids is 2. The van der Waals surface area contributed by atoms with E-state index in [1.165, 1.54) is 0 Å². The first kappa shape index (κ1) is 30.3. The molecule has 216 valence electrons. The average Bonchev–Trinajstić information content (AvgIpc) is 3.54. The molecule has 8 heteroatoms. The van der Waals surface area contributed by atoms with Gasteiger partial charge in [0.15, 0.2) is 5.78 Å². The van der Waals surface area contributed by atoms with E-state index in [4.69, 9.17) is 4.74 Å². The maximum atomic E-state index is 13.1. The lowest BCUT2D eigenvalue weighted by Gasteiger charge is -2.21. The minimum atomic E-state index is -1.02. The van der Waals surface area contributed by atoms with Crippen molar-refractivity contribution >= 4 is 40.8 Å². The largest absolute Gasteiger partial charge is 0.492 e. The Bertz CT molecular complexity index is 1480. The number of hydrogen-bond donors (Lipinski definition) is 2. The van der Waals surface area contributed by atoms with E-state index in [0.29, 0.717) is 42.3 Å². The van der Waals surface area contributed by atoms with Crippen molar-refractivity contribution in [1.29, 1.82) is 0 Å². The van der Waals surface area contributed by atoms with Crippen LogP contribution in [0.15, 0.2) is 102 Å². The monoisotopic (exact) mass is 582 g/mol. The van der Waals surface area contributed by atoms with Gasteiger partial charge in [0, 0.05) is 40.7 Å². The first-order valence-electron chi connectivity index (χ1n) is 13.8. The van der Waals surface area contributed by atoms with E-state index in [-0.39, 0.29) is 18.1 Å². The van der Waals surface area contributed by atoms with Crippen LogP contribution >= 0.6 is 11.3 Å². The van der Waals surface area contributed by atoms with Crippen molar-refractivity contribution in [1.82, 2.24) is 4.90 Å². The maximum Gasteiger partial charge on any atom is 0.326 e. The maximum absolute atomic E-state index is 13.1. The lowest BCUT2D eigenvalue weighted by Crippen LogP contribution is -2.34. The van der Waals surface area contributed by atoms with Crippen LogP contribution in [0.25, 0.3) is 6.08 Å². The zero-order chi connectivity index (χ0) is 29.7. The molecule has 0 saturated heterocycles. The summed E-state index contributed by atoms with van der Waals surface area (Å²) in [6, 6.07) is 26.0. The Morgan fingerprint density at radius 3 is 2.36 bits per heavy atom. The highest BCUT2D eigenvalue weighted by atomic mass is 32.1. The number of carbonyl (C=O) groups is 3. The SMILES string of the molecule is CCCN(CCOc1ccc(CC(Nc2ccccc2C(=O)c2ccccc2)C(=O)O)cc1)C(=O)C=Cc1cccs1. The molecule has 42 heavy (non-hydrogen) atoms. The number of carboxylic acids is 1. The highest BCUT2D eigenvalue weighted by Gasteiger charge is 2.21. The van der Waals surface area contributed by atoms with Crippen LogP contribution in [0.1, 0.15) is 39.7 Å². The first-order chi connectivity index (χ1) is 20.4.